The standard InChI is InChI=1S/C29H33N6O10P/c1-17(28(38)40-13-20-9-10-20)34-46(39,45-21-7-5-4-6-8-21)41-15-29(14-30)26(43-19(3)37)25(42-18(2)36)24(44-29)22-11-12-23-27(31)32-16-33-35(22)23/h4-8,11-12,16-17,20,24-26H,9-10,13,15H2,1-3H3,(H,34,39)(H2,31,32,33)/t17-,24-,25-,26-,29+,46-/m0/s1. The van der Waals surface area contributed by atoms with Gasteiger partial charge in [0, 0.05) is 13.8 Å². The number of aromatic nitrogens is 3. The van der Waals surface area contributed by atoms with E-state index in [1.807, 2.05) is 6.07 Å². The van der Waals surface area contributed by atoms with Crippen molar-refractivity contribution < 1.29 is 46.9 Å². The highest BCUT2D eigenvalue weighted by molar-refractivity contribution is 7.52. The molecule has 244 valence electrons. The number of nitrogen functional groups attached to an aromatic ring is 1. The molecule has 17 heteroatoms. The number of fused-ring (bicyclic) bond motifs is 1. The number of para-hydroxylation sites is 1. The fraction of sp³-hybridized carbons (Fsp3) is 0.448. The molecule has 46 heavy (non-hydrogen) atoms. The number of nitrogens with two attached hydrogens (primary N) is 1. The zero-order valence-electron chi connectivity index (χ0n) is 25.2. The summed E-state index contributed by atoms with van der Waals surface area (Å²) in [6.07, 6.45) is -1.11. The van der Waals surface area contributed by atoms with E-state index in [-0.39, 0.29) is 23.9 Å². The maximum absolute atomic E-state index is 14.2. The average Bonchev–Trinajstić information content (AvgIpc) is 3.68. The van der Waals surface area contributed by atoms with Crippen LogP contribution in [0.3, 0.4) is 0 Å². The van der Waals surface area contributed by atoms with Gasteiger partial charge in [-0.05, 0) is 49.9 Å². The van der Waals surface area contributed by atoms with Crippen LogP contribution < -0.4 is 15.3 Å². The van der Waals surface area contributed by atoms with E-state index >= 15 is 0 Å². The Morgan fingerprint density at radius 1 is 1.17 bits per heavy atom. The lowest BCUT2D eigenvalue weighted by molar-refractivity contribution is -0.166. The molecule has 16 nitrogen and oxygen atoms in total. The van der Waals surface area contributed by atoms with Crippen molar-refractivity contribution in [2.45, 2.75) is 63.6 Å². The second-order valence-corrected chi connectivity index (χ2v) is 12.6. The van der Waals surface area contributed by atoms with Gasteiger partial charge < -0.3 is 29.2 Å². The number of nitriles is 1. The quantitative estimate of drug-likeness (QED) is 0.154. The van der Waals surface area contributed by atoms with Crippen molar-refractivity contribution in [1.29, 1.82) is 5.26 Å². The summed E-state index contributed by atoms with van der Waals surface area (Å²) in [6.45, 7) is 3.05. The molecule has 2 fully saturated rings. The van der Waals surface area contributed by atoms with Crippen LogP contribution in [0.5, 0.6) is 5.75 Å². The zero-order valence-corrected chi connectivity index (χ0v) is 26.1. The van der Waals surface area contributed by atoms with Crippen molar-refractivity contribution in [3.05, 3.63) is 54.5 Å². The predicted octanol–water partition coefficient (Wildman–Crippen LogP) is 2.64. The van der Waals surface area contributed by atoms with Crippen molar-refractivity contribution >= 4 is 37.0 Å². The minimum absolute atomic E-state index is 0.124. The summed E-state index contributed by atoms with van der Waals surface area (Å²) >= 11 is 0. The van der Waals surface area contributed by atoms with E-state index in [0.717, 1.165) is 26.7 Å². The first-order valence-corrected chi connectivity index (χ1v) is 15.9. The minimum atomic E-state index is -4.50. The number of nitrogens with zero attached hydrogens (tertiary/aromatic N) is 4. The van der Waals surface area contributed by atoms with E-state index in [9.17, 15) is 24.2 Å². The van der Waals surface area contributed by atoms with E-state index in [1.165, 1.54) is 29.9 Å². The van der Waals surface area contributed by atoms with Crippen LogP contribution in [0.15, 0.2) is 48.8 Å². The molecule has 0 amide bonds. The Bertz CT molecular complexity index is 1690. The number of carbonyl (C=O) groups is 3. The summed E-state index contributed by atoms with van der Waals surface area (Å²) in [6, 6.07) is 12.0. The molecule has 0 bridgehead atoms. The van der Waals surface area contributed by atoms with Crippen molar-refractivity contribution in [2.24, 2.45) is 5.92 Å². The molecule has 3 N–H and O–H groups in total. The molecule has 0 radical (unpaired) electrons. The fourth-order valence-electron chi connectivity index (χ4n) is 4.89. The molecule has 2 aromatic heterocycles. The Hall–Kier alpha value is -4.55. The highest BCUT2D eigenvalue weighted by atomic mass is 31.2. The Balaban J connectivity index is 1.48. The van der Waals surface area contributed by atoms with Crippen molar-refractivity contribution in [3.8, 4) is 11.8 Å². The topological polar surface area (TPSA) is 216 Å². The highest BCUT2D eigenvalue weighted by Crippen LogP contribution is 2.50. The van der Waals surface area contributed by atoms with Gasteiger partial charge in [0.2, 0.25) is 5.60 Å². The highest BCUT2D eigenvalue weighted by Gasteiger charge is 2.62. The normalized spacial score (nSPS) is 24.3. The van der Waals surface area contributed by atoms with Gasteiger partial charge in [-0.2, -0.15) is 15.4 Å². The maximum Gasteiger partial charge on any atom is 0.459 e. The van der Waals surface area contributed by atoms with Gasteiger partial charge in [0.05, 0.1) is 12.3 Å². The molecule has 1 aliphatic heterocycles. The Kier molecular flexibility index (Phi) is 9.59. The van der Waals surface area contributed by atoms with Gasteiger partial charge in [0.25, 0.3) is 0 Å². The second kappa shape index (κ2) is 13.4. The van der Waals surface area contributed by atoms with Crippen LogP contribution in [0.1, 0.15) is 45.4 Å². The smallest absolute Gasteiger partial charge is 0.459 e. The first-order chi connectivity index (χ1) is 21.9. The molecule has 6 atom stereocenters. The Morgan fingerprint density at radius 2 is 1.89 bits per heavy atom. The molecule has 5 rings (SSSR count). The summed E-state index contributed by atoms with van der Waals surface area (Å²) in [4.78, 5) is 41.2. The summed E-state index contributed by atoms with van der Waals surface area (Å²) in [5.41, 5.74) is 4.44. The van der Waals surface area contributed by atoms with Crippen LogP contribution in [-0.2, 0) is 42.4 Å². The molecule has 1 aromatic carbocycles. The molecule has 1 saturated heterocycles. The predicted molar refractivity (Wildman–Crippen MR) is 158 cm³/mol. The number of nitrogens with one attached hydrogen (secondary N) is 1. The Labute approximate surface area is 263 Å². The molecule has 1 saturated carbocycles. The van der Waals surface area contributed by atoms with Crippen LogP contribution >= 0.6 is 7.75 Å². The van der Waals surface area contributed by atoms with Crippen LogP contribution in [-0.4, -0.2) is 69.6 Å². The second-order valence-electron chi connectivity index (χ2n) is 10.9. The molecule has 1 aliphatic carbocycles. The number of hydrogen-bond acceptors (Lipinski definition) is 14. The van der Waals surface area contributed by atoms with E-state index < -0.39 is 62.2 Å². The maximum atomic E-state index is 14.2. The van der Waals surface area contributed by atoms with Crippen LogP contribution in [0.4, 0.5) is 5.82 Å². The molecule has 0 unspecified atom stereocenters. The van der Waals surface area contributed by atoms with E-state index in [1.54, 1.807) is 30.3 Å². The number of rotatable bonds is 13. The summed E-state index contributed by atoms with van der Waals surface area (Å²) in [5.74, 6) is -1.71. The SMILES string of the molecule is CC(=O)O[C@H]1[C@H](c2ccc3c(N)ncnn23)O[C@](C#N)(CO[P@@](=O)(N[C@@H](C)C(=O)OCC2CC2)Oc2ccccc2)[C@H]1OC(C)=O. The van der Waals surface area contributed by atoms with Gasteiger partial charge in [0.15, 0.2) is 18.0 Å². The third-order valence-electron chi connectivity index (χ3n) is 7.26. The summed E-state index contributed by atoms with van der Waals surface area (Å²) in [5, 5.41) is 17.3. The molecule has 0 spiro atoms. The number of ether oxygens (including phenoxy) is 4. The van der Waals surface area contributed by atoms with E-state index in [0.29, 0.717) is 11.4 Å². The lowest BCUT2D eigenvalue weighted by Gasteiger charge is -2.30. The van der Waals surface area contributed by atoms with Crippen molar-refractivity contribution in [2.75, 3.05) is 18.9 Å². The summed E-state index contributed by atoms with van der Waals surface area (Å²) < 4.78 is 49.7. The largest absolute Gasteiger partial charge is 0.464 e. The van der Waals surface area contributed by atoms with Crippen LogP contribution in [0.2, 0.25) is 0 Å². The zero-order chi connectivity index (χ0) is 33.1. The third-order valence-corrected chi connectivity index (χ3v) is 8.89. The fourth-order valence-corrected chi connectivity index (χ4v) is 6.41. The molecular formula is C29H33N6O10P. The number of benzene rings is 1. The first-order valence-electron chi connectivity index (χ1n) is 14.4. The van der Waals surface area contributed by atoms with Crippen molar-refractivity contribution in [3.63, 3.8) is 0 Å². The molecule has 2 aliphatic rings. The number of anilines is 1. The van der Waals surface area contributed by atoms with E-state index in [4.69, 9.17) is 33.7 Å². The van der Waals surface area contributed by atoms with Gasteiger partial charge >= 0.3 is 25.7 Å². The number of esters is 3. The lowest BCUT2D eigenvalue weighted by atomic mass is 9.95. The van der Waals surface area contributed by atoms with Crippen LogP contribution in [0.25, 0.3) is 5.52 Å². The van der Waals surface area contributed by atoms with Gasteiger partial charge in [0.1, 0.15) is 42.4 Å². The lowest BCUT2D eigenvalue weighted by Crippen LogP contribution is -2.49. The monoisotopic (exact) mass is 656 g/mol. The molecule has 3 aromatic rings. The number of carbonyl (C=O) groups excluding carboxylic acids is 3. The Morgan fingerprint density at radius 3 is 2.54 bits per heavy atom. The number of hydrogen-bond donors (Lipinski definition) is 2. The van der Waals surface area contributed by atoms with E-state index in [2.05, 4.69) is 15.2 Å². The van der Waals surface area contributed by atoms with Gasteiger partial charge in [-0.25, -0.2) is 14.1 Å². The van der Waals surface area contributed by atoms with Gasteiger partial charge in [-0.15, -0.1) is 0 Å². The third kappa shape index (κ3) is 7.29. The van der Waals surface area contributed by atoms with Gasteiger partial charge in [-0.1, -0.05) is 18.2 Å². The van der Waals surface area contributed by atoms with Gasteiger partial charge in [-0.3, -0.25) is 18.9 Å². The van der Waals surface area contributed by atoms with Crippen molar-refractivity contribution in [1.82, 2.24) is 19.7 Å². The molecular weight excluding hydrogens is 623 g/mol. The van der Waals surface area contributed by atoms with Crippen LogP contribution in [0, 0.1) is 17.2 Å². The molecule has 3 heterocycles. The average molecular weight is 657 g/mol. The first kappa shape index (κ1) is 32.8. The summed E-state index contributed by atoms with van der Waals surface area (Å²) in [7, 11) is -4.50. The minimum Gasteiger partial charge on any atom is -0.464 e.